The SMILES string of the molecule is CCC(C)(C)CNc1scnc1C(=O)O. The summed E-state index contributed by atoms with van der Waals surface area (Å²) in [6, 6.07) is 0. The zero-order valence-electron chi connectivity index (χ0n) is 9.20. The Balaban J connectivity index is 2.65. The number of nitrogens with one attached hydrogen (secondary N) is 1. The van der Waals surface area contributed by atoms with E-state index in [-0.39, 0.29) is 11.1 Å². The van der Waals surface area contributed by atoms with Crippen LogP contribution in [0.25, 0.3) is 0 Å². The number of hydrogen-bond acceptors (Lipinski definition) is 4. The molecule has 0 atom stereocenters. The maximum atomic E-state index is 10.8. The molecule has 0 amide bonds. The van der Waals surface area contributed by atoms with E-state index >= 15 is 0 Å². The molecule has 0 spiro atoms. The maximum absolute atomic E-state index is 10.8. The number of hydrogen-bond donors (Lipinski definition) is 2. The van der Waals surface area contributed by atoms with Crippen molar-refractivity contribution < 1.29 is 9.90 Å². The highest BCUT2D eigenvalue weighted by atomic mass is 32.1. The minimum absolute atomic E-state index is 0.118. The second-order valence-electron chi connectivity index (χ2n) is 4.21. The van der Waals surface area contributed by atoms with E-state index in [1.54, 1.807) is 5.51 Å². The third-order valence-electron chi connectivity index (χ3n) is 2.45. The average molecular weight is 228 g/mol. The zero-order valence-corrected chi connectivity index (χ0v) is 10.0. The molecule has 1 aromatic rings. The lowest BCUT2D eigenvalue weighted by atomic mass is 9.90. The summed E-state index contributed by atoms with van der Waals surface area (Å²) in [7, 11) is 0. The molecule has 0 aliphatic heterocycles. The molecule has 0 aromatic carbocycles. The number of anilines is 1. The Morgan fingerprint density at radius 2 is 2.33 bits per heavy atom. The Labute approximate surface area is 93.4 Å². The van der Waals surface area contributed by atoms with Crippen molar-refractivity contribution in [3.63, 3.8) is 0 Å². The molecule has 1 aromatic heterocycles. The van der Waals surface area contributed by atoms with Gasteiger partial charge in [0, 0.05) is 6.54 Å². The summed E-state index contributed by atoms with van der Waals surface area (Å²) in [4.78, 5) is 14.6. The van der Waals surface area contributed by atoms with Gasteiger partial charge in [0.1, 0.15) is 5.00 Å². The molecule has 0 saturated heterocycles. The normalized spacial score (nSPS) is 11.4. The Morgan fingerprint density at radius 3 is 2.87 bits per heavy atom. The predicted molar refractivity (Wildman–Crippen MR) is 61.6 cm³/mol. The minimum atomic E-state index is -0.979. The van der Waals surface area contributed by atoms with Gasteiger partial charge in [-0.1, -0.05) is 20.8 Å². The number of carbonyl (C=O) groups is 1. The van der Waals surface area contributed by atoms with Crippen LogP contribution in [0, 0.1) is 5.41 Å². The van der Waals surface area contributed by atoms with Gasteiger partial charge in [0.05, 0.1) is 5.51 Å². The number of carboxylic acid groups (broad SMARTS) is 1. The number of thiazole rings is 1. The summed E-state index contributed by atoms with van der Waals surface area (Å²) in [6.45, 7) is 7.15. The first kappa shape index (κ1) is 12.0. The monoisotopic (exact) mass is 228 g/mol. The standard InChI is InChI=1S/C10H16N2O2S/c1-4-10(2,3)5-11-8-7(9(13)14)12-6-15-8/h6,11H,4-5H2,1-3H3,(H,13,14). The van der Waals surface area contributed by atoms with Crippen LogP contribution in [0.2, 0.25) is 0 Å². The van der Waals surface area contributed by atoms with Gasteiger partial charge in [-0.15, -0.1) is 11.3 Å². The van der Waals surface area contributed by atoms with E-state index < -0.39 is 5.97 Å². The molecule has 0 bridgehead atoms. The Hall–Kier alpha value is -1.10. The zero-order chi connectivity index (χ0) is 11.5. The first-order chi connectivity index (χ1) is 6.96. The summed E-state index contributed by atoms with van der Waals surface area (Å²) >= 11 is 1.33. The van der Waals surface area contributed by atoms with E-state index in [1.807, 2.05) is 0 Å². The van der Waals surface area contributed by atoms with Crippen LogP contribution < -0.4 is 5.32 Å². The number of nitrogens with zero attached hydrogens (tertiary/aromatic N) is 1. The van der Waals surface area contributed by atoms with E-state index in [4.69, 9.17) is 5.11 Å². The summed E-state index contributed by atoms with van der Waals surface area (Å²) in [5.74, 6) is -0.979. The number of aromatic nitrogens is 1. The topological polar surface area (TPSA) is 62.2 Å². The fourth-order valence-electron chi connectivity index (χ4n) is 0.968. The fraction of sp³-hybridized carbons (Fsp3) is 0.600. The van der Waals surface area contributed by atoms with Gasteiger partial charge >= 0.3 is 5.97 Å². The molecule has 15 heavy (non-hydrogen) atoms. The number of rotatable bonds is 5. The lowest BCUT2D eigenvalue weighted by molar-refractivity contribution is 0.0692. The molecule has 0 saturated carbocycles. The van der Waals surface area contributed by atoms with Crippen LogP contribution in [-0.2, 0) is 0 Å². The van der Waals surface area contributed by atoms with Crippen molar-refractivity contribution in [1.82, 2.24) is 4.98 Å². The van der Waals surface area contributed by atoms with Crippen molar-refractivity contribution in [2.75, 3.05) is 11.9 Å². The summed E-state index contributed by atoms with van der Waals surface area (Å²) in [5, 5.41) is 12.6. The van der Waals surface area contributed by atoms with Crippen molar-refractivity contribution in [3.8, 4) is 0 Å². The lowest BCUT2D eigenvalue weighted by Crippen LogP contribution is -2.22. The molecule has 0 aliphatic carbocycles. The Bertz CT molecular complexity index is 347. The average Bonchev–Trinajstić information content (AvgIpc) is 2.63. The smallest absolute Gasteiger partial charge is 0.357 e. The molecule has 84 valence electrons. The van der Waals surface area contributed by atoms with Gasteiger partial charge in [-0.05, 0) is 11.8 Å². The van der Waals surface area contributed by atoms with E-state index in [2.05, 4.69) is 31.1 Å². The van der Waals surface area contributed by atoms with Crippen LogP contribution in [0.3, 0.4) is 0 Å². The van der Waals surface area contributed by atoms with Crippen LogP contribution in [0.15, 0.2) is 5.51 Å². The quantitative estimate of drug-likeness (QED) is 0.813. The van der Waals surface area contributed by atoms with Crippen molar-refractivity contribution in [1.29, 1.82) is 0 Å². The van der Waals surface area contributed by atoms with Crippen LogP contribution >= 0.6 is 11.3 Å². The highest BCUT2D eigenvalue weighted by Gasteiger charge is 2.18. The van der Waals surface area contributed by atoms with Gasteiger partial charge in [0.2, 0.25) is 0 Å². The van der Waals surface area contributed by atoms with Crippen molar-refractivity contribution >= 4 is 22.3 Å². The minimum Gasteiger partial charge on any atom is -0.476 e. The molecule has 0 aliphatic rings. The number of aromatic carboxylic acids is 1. The second kappa shape index (κ2) is 4.61. The van der Waals surface area contributed by atoms with Gasteiger partial charge < -0.3 is 10.4 Å². The first-order valence-corrected chi connectivity index (χ1v) is 5.75. The number of carboxylic acids is 1. The molecule has 5 heteroatoms. The maximum Gasteiger partial charge on any atom is 0.357 e. The summed E-state index contributed by atoms with van der Waals surface area (Å²) in [5.41, 5.74) is 1.83. The van der Waals surface area contributed by atoms with Crippen LogP contribution in [0.5, 0.6) is 0 Å². The van der Waals surface area contributed by atoms with E-state index in [0.29, 0.717) is 5.00 Å². The molecule has 0 unspecified atom stereocenters. The van der Waals surface area contributed by atoms with Gasteiger partial charge in [0.15, 0.2) is 5.69 Å². The molecule has 4 nitrogen and oxygen atoms in total. The Morgan fingerprint density at radius 1 is 1.67 bits per heavy atom. The third-order valence-corrected chi connectivity index (χ3v) is 3.24. The fourth-order valence-corrected chi connectivity index (χ4v) is 1.64. The molecular formula is C10H16N2O2S. The predicted octanol–water partition coefficient (Wildman–Crippen LogP) is 2.69. The van der Waals surface area contributed by atoms with Crippen LogP contribution in [0.4, 0.5) is 5.00 Å². The molecule has 1 heterocycles. The highest BCUT2D eigenvalue weighted by Crippen LogP contribution is 2.24. The van der Waals surface area contributed by atoms with E-state index in [9.17, 15) is 4.79 Å². The molecular weight excluding hydrogens is 212 g/mol. The lowest BCUT2D eigenvalue weighted by Gasteiger charge is -2.22. The first-order valence-electron chi connectivity index (χ1n) is 4.87. The third kappa shape index (κ3) is 3.20. The van der Waals surface area contributed by atoms with Crippen molar-refractivity contribution in [2.24, 2.45) is 5.41 Å². The summed E-state index contributed by atoms with van der Waals surface area (Å²) in [6.07, 6.45) is 1.04. The van der Waals surface area contributed by atoms with Crippen molar-refractivity contribution in [2.45, 2.75) is 27.2 Å². The van der Waals surface area contributed by atoms with Gasteiger partial charge in [-0.2, -0.15) is 0 Å². The second-order valence-corrected chi connectivity index (χ2v) is 5.06. The molecule has 2 N–H and O–H groups in total. The van der Waals surface area contributed by atoms with Crippen LogP contribution in [-0.4, -0.2) is 22.6 Å². The highest BCUT2D eigenvalue weighted by molar-refractivity contribution is 7.14. The molecule has 0 radical (unpaired) electrons. The van der Waals surface area contributed by atoms with Gasteiger partial charge in [-0.3, -0.25) is 0 Å². The van der Waals surface area contributed by atoms with Gasteiger partial charge in [0.25, 0.3) is 0 Å². The Kier molecular flexibility index (Phi) is 3.68. The van der Waals surface area contributed by atoms with Gasteiger partial charge in [-0.25, -0.2) is 9.78 Å². The molecule has 1 rings (SSSR count). The largest absolute Gasteiger partial charge is 0.476 e. The van der Waals surface area contributed by atoms with E-state index in [1.165, 1.54) is 11.3 Å². The van der Waals surface area contributed by atoms with Crippen LogP contribution in [0.1, 0.15) is 37.7 Å². The van der Waals surface area contributed by atoms with Crippen molar-refractivity contribution in [3.05, 3.63) is 11.2 Å². The molecule has 0 fully saturated rings. The van der Waals surface area contributed by atoms with E-state index in [0.717, 1.165) is 13.0 Å². The summed E-state index contributed by atoms with van der Waals surface area (Å²) < 4.78 is 0.